The van der Waals surface area contributed by atoms with Crippen LogP contribution in [0.3, 0.4) is 0 Å². The van der Waals surface area contributed by atoms with Gasteiger partial charge in [0.1, 0.15) is 0 Å². The van der Waals surface area contributed by atoms with E-state index in [1.807, 2.05) is 23.1 Å². The molecular weight excluding hydrogens is 451 g/mol. The second-order valence-corrected chi connectivity index (χ2v) is 6.71. The lowest BCUT2D eigenvalue weighted by molar-refractivity contribution is -0.131. The van der Waals surface area contributed by atoms with Gasteiger partial charge in [-0.05, 0) is 37.3 Å². The number of carbonyl (C=O) groups excluding carboxylic acids is 1. The van der Waals surface area contributed by atoms with Crippen LogP contribution in [0.15, 0.2) is 41.9 Å². The number of hydrogen-bond donors (Lipinski definition) is 1. The smallest absolute Gasteiger partial charge is 0.223 e. The highest BCUT2D eigenvalue weighted by atomic mass is 127. The first-order chi connectivity index (χ1) is 12.7. The van der Waals surface area contributed by atoms with Gasteiger partial charge in [0.15, 0.2) is 5.96 Å². The number of amides is 1. The maximum atomic E-state index is 12.4. The molecule has 27 heavy (non-hydrogen) atoms. The topological polar surface area (TPSA) is 47.9 Å². The molecule has 0 atom stereocenters. The summed E-state index contributed by atoms with van der Waals surface area (Å²) in [4.78, 5) is 21.2. The van der Waals surface area contributed by atoms with Gasteiger partial charge in [-0.2, -0.15) is 0 Å². The van der Waals surface area contributed by atoms with Crippen LogP contribution in [0.25, 0.3) is 0 Å². The van der Waals surface area contributed by atoms with E-state index in [9.17, 15) is 4.79 Å². The van der Waals surface area contributed by atoms with Gasteiger partial charge in [0.05, 0.1) is 0 Å². The van der Waals surface area contributed by atoms with Crippen molar-refractivity contribution in [2.24, 2.45) is 4.99 Å². The molecule has 5 nitrogen and oxygen atoms in total. The van der Waals surface area contributed by atoms with E-state index >= 15 is 0 Å². The van der Waals surface area contributed by atoms with Crippen LogP contribution in [0.5, 0.6) is 0 Å². The lowest BCUT2D eigenvalue weighted by atomic mass is 10.1. The molecule has 0 unspecified atom stereocenters. The van der Waals surface area contributed by atoms with Crippen LogP contribution in [0.2, 0.25) is 0 Å². The van der Waals surface area contributed by atoms with Crippen LogP contribution in [0, 0.1) is 0 Å². The largest absolute Gasteiger partial charge is 0.357 e. The summed E-state index contributed by atoms with van der Waals surface area (Å²) in [7, 11) is 2.05. The van der Waals surface area contributed by atoms with E-state index in [4.69, 9.17) is 0 Å². The predicted molar refractivity (Wildman–Crippen MR) is 123 cm³/mol. The molecule has 0 saturated carbocycles. The van der Waals surface area contributed by atoms with Crippen molar-refractivity contribution in [1.29, 1.82) is 0 Å². The van der Waals surface area contributed by atoms with Gasteiger partial charge < -0.3 is 15.1 Å². The summed E-state index contributed by atoms with van der Waals surface area (Å²) >= 11 is 0. The molecule has 1 aliphatic rings. The number of aliphatic imine (C=N–C) groups is 1. The third-order valence-corrected chi connectivity index (χ3v) is 4.60. The Labute approximate surface area is 180 Å². The molecule has 0 radical (unpaired) electrons. The second-order valence-electron chi connectivity index (χ2n) is 6.71. The van der Waals surface area contributed by atoms with Gasteiger partial charge in [-0.25, -0.2) is 0 Å². The third kappa shape index (κ3) is 7.52. The van der Waals surface area contributed by atoms with Crippen LogP contribution >= 0.6 is 24.0 Å². The summed E-state index contributed by atoms with van der Waals surface area (Å²) in [5.41, 5.74) is 2.55. The summed E-state index contributed by atoms with van der Waals surface area (Å²) in [6.07, 6.45) is 5.35. The number of hydrogen-bond acceptors (Lipinski definition) is 2. The molecule has 1 amide bonds. The minimum Gasteiger partial charge on any atom is -0.357 e. The van der Waals surface area contributed by atoms with Crippen LogP contribution in [0.1, 0.15) is 43.7 Å². The minimum absolute atomic E-state index is 0. The van der Waals surface area contributed by atoms with Crippen molar-refractivity contribution in [2.75, 3.05) is 26.7 Å². The number of guanidine groups is 1. The number of benzene rings is 1. The lowest BCUT2D eigenvalue weighted by Gasteiger charge is -2.22. The van der Waals surface area contributed by atoms with Gasteiger partial charge in [-0.15, -0.1) is 30.6 Å². The van der Waals surface area contributed by atoms with Gasteiger partial charge in [-0.3, -0.25) is 9.79 Å². The number of halogens is 1. The average molecular weight is 484 g/mol. The molecule has 0 aromatic heterocycles. The fourth-order valence-electron chi connectivity index (χ4n) is 3.13. The van der Waals surface area contributed by atoms with E-state index in [0.29, 0.717) is 13.0 Å². The SMILES string of the molecule is C=CCCCN(C)C(=NCCCC(=O)N1Cc2ccccc2C1)NCC.I. The van der Waals surface area contributed by atoms with E-state index in [1.165, 1.54) is 11.1 Å². The third-order valence-electron chi connectivity index (χ3n) is 4.60. The van der Waals surface area contributed by atoms with Crippen molar-refractivity contribution in [1.82, 2.24) is 15.1 Å². The number of nitrogens with zero attached hydrogens (tertiary/aromatic N) is 3. The molecule has 0 bridgehead atoms. The number of carbonyl (C=O) groups is 1. The van der Waals surface area contributed by atoms with E-state index in [0.717, 1.165) is 51.4 Å². The highest BCUT2D eigenvalue weighted by molar-refractivity contribution is 14.0. The molecule has 1 aliphatic heterocycles. The van der Waals surface area contributed by atoms with Crippen LogP contribution in [-0.2, 0) is 17.9 Å². The first kappa shape index (κ1) is 23.5. The Morgan fingerprint density at radius 3 is 2.56 bits per heavy atom. The summed E-state index contributed by atoms with van der Waals surface area (Å²) in [6, 6.07) is 8.29. The van der Waals surface area contributed by atoms with E-state index in [1.54, 1.807) is 0 Å². The minimum atomic E-state index is 0. The number of rotatable bonds is 9. The van der Waals surface area contributed by atoms with Gasteiger partial charge in [-0.1, -0.05) is 30.3 Å². The molecule has 1 heterocycles. The zero-order valence-electron chi connectivity index (χ0n) is 16.6. The molecular formula is C21H33IN4O. The van der Waals surface area contributed by atoms with Gasteiger partial charge in [0.2, 0.25) is 5.91 Å². The zero-order valence-corrected chi connectivity index (χ0v) is 18.9. The number of unbranched alkanes of at least 4 members (excludes halogenated alkanes) is 1. The maximum Gasteiger partial charge on any atom is 0.223 e. The molecule has 1 N–H and O–H groups in total. The van der Waals surface area contributed by atoms with E-state index < -0.39 is 0 Å². The molecule has 1 aromatic carbocycles. The Morgan fingerprint density at radius 1 is 1.30 bits per heavy atom. The predicted octanol–water partition coefficient (Wildman–Crippen LogP) is 3.79. The molecule has 0 fully saturated rings. The molecule has 6 heteroatoms. The van der Waals surface area contributed by atoms with Crippen molar-refractivity contribution in [3.63, 3.8) is 0 Å². The van der Waals surface area contributed by atoms with Gasteiger partial charge in [0, 0.05) is 46.2 Å². The average Bonchev–Trinajstić information content (AvgIpc) is 3.08. The maximum absolute atomic E-state index is 12.4. The van der Waals surface area contributed by atoms with Gasteiger partial charge in [0.25, 0.3) is 0 Å². The highest BCUT2D eigenvalue weighted by Gasteiger charge is 2.22. The lowest BCUT2D eigenvalue weighted by Crippen LogP contribution is -2.39. The Hall–Kier alpha value is -1.57. The number of allylic oxidation sites excluding steroid dienone is 1. The number of fused-ring (bicyclic) bond motifs is 1. The molecule has 1 aromatic rings. The number of nitrogens with one attached hydrogen (secondary N) is 1. The van der Waals surface area contributed by atoms with Crippen molar-refractivity contribution in [3.05, 3.63) is 48.0 Å². The zero-order chi connectivity index (χ0) is 18.8. The quantitative estimate of drug-likeness (QED) is 0.191. The van der Waals surface area contributed by atoms with E-state index in [2.05, 4.69) is 47.9 Å². The Kier molecular flexibility index (Phi) is 11.1. The molecule has 0 spiro atoms. The highest BCUT2D eigenvalue weighted by Crippen LogP contribution is 2.22. The Bertz CT molecular complexity index is 607. The molecule has 0 saturated heterocycles. The Morgan fingerprint density at radius 2 is 1.96 bits per heavy atom. The van der Waals surface area contributed by atoms with Crippen molar-refractivity contribution in [2.45, 2.75) is 45.7 Å². The summed E-state index contributed by atoms with van der Waals surface area (Å²) in [6.45, 7) is 9.78. The fraction of sp³-hybridized carbons (Fsp3) is 0.524. The first-order valence-corrected chi connectivity index (χ1v) is 9.60. The second kappa shape index (κ2) is 12.8. The molecule has 150 valence electrons. The van der Waals surface area contributed by atoms with Crippen LogP contribution < -0.4 is 5.32 Å². The van der Waals surface area contributed by atoms with Crippen molar-refractivity contribution in [3.8, 4) is 0 Å². The Balaban J connectivity index is 0.00000364. The first-order valence-electron chi connectivity index (χ1n) is 9.60. The normalized spacial score (nSPS) is 13.0. The molecule has 2 rings (SSSR count). The summed E-state index contributed by atoms with van der Waals surface area (Å²) in [5.74, 6) is 1.14. The standard InChI is InChI=1S/C21H32N4O.HI/c1-4-6-9-15-24(3)21(22-5-2)23-14-10-13-20(26)25-16-18-11-7-8-12-19(18)17-25;/h4,7-8,11-12H,1,5-6,9-10,13-17H2,2-3H3,(H,22,23);1H. The van der Waals surface area contributed by atoms with Crippen molar-refractivity contribution < 1.29 is 4.79 Å². The fourth-order valence-corrected chi connectivity index (χ4v) is 3.13. The van der Waals surface area contributed by atoms with Crippen LogP contribution in [0.4, 0.5) is 0 Å². The van der Waals surface area contributed by atoms with E-state index in [-0.39, 0.29) is 29.9 Å². The molecule has 0 aliphatic carbocycles. The van der Waals surface area contributed by atoms with Crippen molar-refractivity contribution >= 4 is 35.8 Å². The summed E-state index contributed by atoms with van der Waals surface area (Å²) < 4.78 is 0. The monoisotopic (exact) mass is 484 g/mol. The van der Waals surface area contributed by atoms with Crippen LogP contribution in [-0.4, -0.2) is 48.3 Å². The van der Waals surface area contributed by atoms with Gasteiger partial charge >= 0.3 is 0 Å². The summed E-state index contributed by atoms with van der Waals surface area (Å²) in [5, 5.41) is 3.32.